The third-order valence-corrected chi connectivity index (χ3v) is 7.58. The van der Waals surface area contributed by atoms with Gasteiger partial charge in [-0.05, 0) is 56.2 Å². The Kier molecular flexibility index (Phi) is 7.43. The summed E-state index contributed by atoms with van der Waals surface area (Å²) in [5.74, 6) is 0.958. The molecule has 4 unspecified atom stereocenters. The van der Waals surface area contributed by atoms with Crippen molar-refractivity contribution in [3.05, 3.63) is 59.2 Å². The molecule has 0 aliphatic carbocycles. The minimum Gasteiger partial charge on any atom is -0.393 e. The van der Waals surface area contributed by atoms with Gasteiger partial charge in [-0.2, -0.15) is 4.72 Å². The molecule has 4 atom stereocenters. The minimum atomic E-state index is -3.74. The number of rotatable bonds is 8. The van der Waals surface area contributed by atoms with E-state index in [1.807, 2.05) is 0 Å². The van der Waals surface area contributed by atoms with E-state index in [2.05, 4.69) is 47.4 Å². The molecule has 1 heterocycles. The van der Waals surface area contributed by atoms with Crippen molar-refractivity contribution in [2.75, 3.05) is 11.1 Å². The van der Waals surface area contributed by atoms with Crippen LogP contribution in [-0.4, -0.2) is 37.0 Å². The second-order valence-electron chi connectivity index (χ2n) is 7.77. The zero-order valence-corrected chi connectivity index (χ0v) is 19.1. The molecule has 0 amide bonds. The lowest BCUT2D eigenvalue weighted by atomic mass is 10.0. The molecule has 1 fully saturated rings. The van der Waals surface area contributed by atoms with Crippen molar-refractivity contribution < 1.29 is 13.5 Å². The number of aryl methyl sites for hydroxylation is 2. The van der Waals surface area contributed by atoms with Gasteiger partial charge in [0.15, 0.2) is 0 Å². The van der Waals surface area contributed by atoms with Crippen molar-refractivity contribution >= 4 is 27.5 Å². The fourth-order valence-electron chi connectivity index (χ4n) is 3.43. The van der Waals surface area contributed by atoms with E-state index in [-0.39, 0.29) is 22.9 Å². The first-order chi connectivity index (χ1) is 14.1. The Labute approximate surface area is 182 Å². The molecule has 2 aromatic rings. The van der Waals surface area contributed by atoms with Crippen LogP contribution in [0.5, 0.6) is 0 Å². The molecule has 0 saturated carbocycles. The van der Waals surface area contributed by atoms with Crippen LogP contribution in [0.4, 0.5) is 5.69 Å². The molecule has 9 heteroatoms. The SMILES string of the molecule is Cc1ccc(C)c(C2CSC(Nc3ccc(S(=O)(=O)NC(N)CC(C)O)cc3)N2)c1. The van der Waals surface area contributed by atoms with Crippen LogP contribution in [0.25, 0.3) is 0 Å². The molecule has 3 rings (SSSR count). The Morgan fingerprint density at radius 2 is 1.93 bits per heavy atom. The molecule has 0 spiro atoms. The van der Waals surface area contributed by atoms with E-state index in [1.54, 1.807) is 43.0 Å². The van der Waals surface area contributed by atoms with Crippen LogP contribution in [0.2, 0.25) is 0 Å². The number of thioether (sulfide) groups is 1. The highest BCUT2D eigenvalue weighted by molar-refractivity contribution is 8.00. The zero-order chi connectivity index (χ0) is 21.9. The standard InChI is InChI=1S/C21H30N4O3S2/c1-13-4-5-14(2)18(10-13)19-12-29-21(24-19)23-16-6-8-17(9-7-16)30(27,28)25-20(22)11-15(3)26/h4-10,15,19-21,23-26H,11-12,22H2,1-3H3. The Morgan fingerprint density at radius 1 is 1.23 bits per heavy atom. The third-order valence-electron chi connectivity index (χ3n) is 4.96. The molecular formula is C21H30N4O3S2. The minimum absolute atomic E-state index is 0.0370. The van der Waals surface area contributed by atoms with Gasteiger partial charge in [0, 0.05) is 23.9 Å². The lowest BCUT2D eigenvalue weighted by Crippen LogP contribution is -2.43. The second kappa shape index (κ2) is 9.67. The van der Waals surface area contributed by atoms with Gasteiger partial charge in [-0.15, -0.1) is 11.8 Å². The maximum atomic E-state index is 12.4. The maximum Gasteiger partial charge on any atom is 0.241 e. The van der Waals surface area contributed by atoms with Gasteiger partial charge in [-0.25, -0.2) is 8.42 Å². The number of nitrogens with one attached hydrogen (secondary N) is 3. The normalized spacial score (nSPS) is 21.4. The van der Waals surface area contributed by atoms with Gasteiger partial charge in [0.25, 0.3) is 0 Å². The van der Waals surface area contributed by atoms with E-state index in [0.29, 0.717) is 0 Å². The first-order valence-electron chi connectivity index (χ1n) is 9.91. The number of aliphatic hydroxyl groups is 1. The molecule has 0 bridgehead atoms. The van der Waals surface area contributed by atoms with Crippen LogP contribution in [0.1, 0.15) is 36.1 Å². The van der Waals surface area contributed by atoms with Crippen LogP contribution in [0, 0.1) is 13.8 Å². The summed E-state index contributed by atoms with van der Waals surface area (Å²) in [6.45, 7) is 5.79. The first-order valence-corrected chi connectivity index (χ1v) is 12.4. The monoisotopic (exact) mass is 450 g/mol. The van der Waals surface area contributed by atoms with Crippen molar-refractivity contribution in [2.45, 2.75) is 55.9 Å². The average Bonchev–Trinajstić information content (AvgIpc) is 3.11. The smallest absolute Gasteiger partial charge is 0.241 e. The van der Waals surface area contributed by atoms with Crippen molar-refractivity contribution in [3.63, 3.8) is 0 Å². The summed E-state index contributed by atoms with van der Waals surface area (Å²) in [6.07, 6.45) is -1.38. The van der Waals surface area contributed by atoms with E-state index >= 15 is 0 Å². The molecule has 1 saturated heterocycles. The van der Waals surface area contributed by atoms with E-state index < -0.39 is 22.3 Å². The number of aliphatic hydroxyl groups excluding tert-OH is 1. The van der Waals surface area contributed by atoms with Crippen molar-refractivity contribution in [3.8, 4) is 0 Å². The quantitative estimate of drug-likeness (QED) is 0.392. The number of anilines is 1. The van der Waals surface area contributed by atoms with Crippen LogP contribution in [-0.2, 0) is 10.0 Å². The molecule has 7 nitrogen and oxygen atoms in total. The van der Waals surface area contributed by atoms with Crippen molar-refractivity contribution in [2.24, 2.45) is 5.73 Å². The van der Waals surface area contributed by atoms with Gasteiger partial charge in [0.2, 0.25) is 10.0 Å². The molecule has 164 valence electrons. The molecule has 1 aliphatic heterocycles. The lowest BCUT2D eigenvalue weighted by Gasteiger charge is -2.18. The van der Waals surface area contributed by atoms with E-state index in [9.17, 15) is 13.5 Å². The van der Waals surface area contributed by atoms with E-state index in [0.717, 1.165) is 11.4 Å². The highest BCUT2D eigenvalue weighted by Gasteiger charge is 2.26. The van der Waals surface area contributed by atoms with Crippen molar-refractivity contribution in [1.29, 1.82) is 0 Å². The number of benzene rings is 2. The second-order valence-corrected chi connectivity index (χ2v) is 10.6. The predicted octanol–water partition coefficient (Wildman–Crippen LogP) is 2.41. The van der Waals surface area contributed by atoms with E-state index in [1.165, 1.54) is 16.7 Å². The van der Waals surface area contributed by atoms with Gasteiger partial charge in [0.1, 0.15) is 5.50 Å². The molecule has 30 heavy (non-hydrogen) atoms. The Balaban J connectivity index is 1.60. The molecular weight excluding hydrogens is 420 g/mol. The number of hydrogen-bond donors (Lipinski definition) is 5. The number of hydrogen-bond acceptors (Lipinski definition) is 7. The van der Waals surface area contributed by atoms with Gasteiger partial charge < -0.3 is 16.2 Å². The number of sulfonamides is 1. The largest absolute Gasteiger partial charge is 0.393 e. The Bertz CT molecular complexity index is 965. The fraction of sp³-hybridized carbons (Fsp3) is 0.429. The Hall–Kier alpha value is -1.62. The van der Waals surface area contributed by atoms with E-state index in [4.69, 9.17) is 5.73 Å². The summed E-state index contributed by atoms with van der Waals surface area (Å²) in [5.41, 5.74) is 10.4. The predicted molar refractivity (Wildman–Crippen MR) is 123 cm³/mol. The lowest BCUT2D eigenvalue weighted by molar-refractivity contribution is 0.173. The first kappa shape index (κ1) is 23.1. The molecule has 6 N–H and O–H groups in total. The van der Waals surface area contributed by atoms with Crippen LogP contribution in [0.3, 0.4) is 0 Å². The van der Waals surface area contributed by atoms with Crippen molar-refractivity contribution in [1.82, 2.24) is 10.0 Å². The molecule has 0 aromatic heterocycles. The third kappa shape index (κ3) is 5.96. The summed E-state index contributed by atoms with van der Waals surface area (Å²) >= 11 is 1.79. The van der Waals surface area contributed by atoms with Crippen LogP contribution >= 0.6 is 11.8 Å². The highest BCUT2D eigenvalue weighted by Crippen LogP contribution is 2.32. The molecule has 0 radical (unpaired) electrons. The van der Waals surface area contributed by atoms with Crippen LogP contribution in [0.15, 0.2) is 47.4 Å². The summed E-state index contributed by atoms with van der Waals surface area (Å²) in [6, 6.07) is 13.3. The van der Waals surface area contributed by atoms with Gasteiger partial charge in [-0.1, -0.05) is 23.8 Å². The Morgan fingerprint density at radius 3 is 2.60 bits per heavy atom. The highest BCUT2D eigenvalue weighted by atomic mass is 32.2. The summed E-state index contributed by atoms with van der Waals surface area (Å²) < 4.78 is 27.2. The summed E-state index contributed by atoms with van der Waals surface area (Å²) in [5, 5.41) is 16.3. The van der Waals surface area contributed by atoms with Gasteiger partial charge in [0.05, 0.1) is 17.2 Å². The topological polar surface area (TPSA) is 116 Å². The summed E-state index contributed by atoms with van der Waals surface area (Å²) in [7, 11) is -3.74. The van der Waals surface area contributed by atoms with Gasteiger partial charge in [-0.3, -0.25) is 5.32 Å². The average molecular weight is 451 g/mol. The number of nitrogens with two attached hydrogens (primary N) is 1. The van der Waals surface area contributed by atoms with Crippen LogP contribution < -0.4 is 21.1 Å². The maximum absolute atomic E-state index is 12.4. The molecule has 1 aliphatic rings. The van der Waals surface area contributed by atoms with Gasteiger partial charge >= 0.3 is 0 Å². The zero-order valence-electron chi connectivity index (χ0n) is 17.4. The fourth-order valence-corrected chi connectivity index (χ4v) is 5.70. The molecule has 2 aromatic carbocycles. The summed E-state index contributed by atoms with van der Waals surface area (Å²) in [4.78, 5) is 0.134.